The van der Waals surface area contributed by atoms with Crippen LogP contribution in [0, 0.1) is 12.8 Å². The highest BCUT2D eigenvalue weighted by Crippen LogP contribution is 2.25. The van der Waals surface area contributed by atoms with Crippen molar-refractivity contribution in [1.29, 1.82) is 0 Å². The molecule has 23 heavy (non-hydrogen) atoms. The number of nitrogens with zero attached hydrogens (tertiary/aromatic N) is 3. The molecule has 1 fully saturated rings. The zero-order valence-corrected chi connectivity index (χ0v) is 14.0. The Morgan fingerprint density at radius 1 is 1.43 bits per heavy atom. The number of aryl methyl sites for hydroxylation is 1. The second kappa shape index (κ2) is 6.64. The average Bonchev–Trinajstić information content (AvgIpc) is 3.08. The number of carbonyl (C=O) groups is 2. The van der Waals surface area contributed by atoms with E-state index < -0.39 is 0 Å². The molecule has 6 nitrogen and oxygen atoms in total. The van der Waals surface area contributed by atoms with Crippen molar-refractivity contribution >= 4 is 39.9 Å². The highest BCUT2D eigenvalue weighted by Gasteiger charge is 2.34. The molecule has 0 radical (unpaired) electrons. The number of hydrogen-bond donors (Lipinski definition) is 1. The molecule has 1 aliphatic rings. The maximum absolute atomic E-state index is 12.3. The van der Waals surface area contributed by atoms with Crippen molar-refractivity contribution in [1.82, 2.24) is 15.1 Å². The SMILES string of the molecule is Cc1nnc(NC(=O)C2CC(=O)N(Cc3ccccc3Cl)C2)s1. The molecular formula is C15H15ClN4O2S. The van der Waals surface area contributed by atoms with Crippen LogP contribution in [0.1, 0.15) is 17.0 Å². The zero-order chi connectivity index (χ0) is 16.4. The topological polar surface area (TPSA) is 75.2 Å². The van der Waals surface area contributed by atoms with Crippen LogP contribution in [0.15, 0.2) is 24.3 Å². The van der Waals surface area contributed by atoms with Crippen molar-refractivity contribution in [2.24, 2.45) is 5.92 Å². The first-order chi connectivity index (χ1) is 11.0. The van der Waals surface area contributed by atoms with Gasteiger partial charge in [0, 0.05) is 24.5 Å². The molecule has 1 unspecified atom stereocenters. The number of rotatable bonds is 4. The molecule has 0 spiro atoms. The summed E-state index contributed by atoms with van der Waals surface area (Å²) in [6, 6.07) is 7.40. The number of amides is 2. The van der Waals surface area contributed by atoms with Crippen LogP contribution in [0.25, 0.3) is 0 Å². The monoisotopic (exact) mass is 350 g/mol. The van der Waals surface area contributed by atoms with Gasteiger partial charge in [-0.2, -0.15) is 0 Å². The fraction of sp³-hybridized carbons (Fsp3) is 0.333. The largest absolute Gasteiger partial charge is 0.337 e. The summed E-state index contributed by atoms with van der Waals surface area (Å²) in [4.78, 5) is 26.1. The van der Waals surface area contributed by atoms with Gasteiger partial charge in [-0.1, -0.05) is 41.1 Å². The Hall–Kier alpha value is -1.99. The van der Waals surface area contributed by atoms with E-state index in [1.807, 2.05) is 25.1 Å². The Kier molecular flexibility index (Phi) is 4.58. The molecule has 8 heteroatoms. The molecule has 3 rings (SSSR count). The first-order valence-corrected chi connectivity index (χ1v) is 8.34. The van der Waals surface area contributed by atoms with Crippen LogP contribution in [0.3, 0.4) is 0 Å². The second-order valence-corrected chi connectivity index (χ2v) is 6.97. The number of carbonyl (C=O) groups excluding carboxylic acids is 2. The Morgan fingerprint density at radius 3 is 2.91 bits per heavy atom. The molecule has 2 heterocycles. The van der Waals surface area contributed by atoms with Crippen LogP contribution in [-0.4, -0.2) is 33.5 Å². The number of nitrogens with one attached hydrogen (secondary N) is 1. The van der Waals surface area contributed by atoms with Crippen molar-refractivity contribution in [3.05, 3.63) is 39.9 Å². The number of benzene rings is 1. The van der Waals surface area contributed by atoms with Crippen LogP contribution in [0.5, 0.6) is 0 Å². The van der Waals surface area contributed by atoms with E-state index in [9.17, 15) is 9.59 Å². The van der Waals surface area contributed by atoms with E-state index in [1.54, 1.807) is 11.0 Å². The van der Waals surface area contributed by atoms with E-state index in [2.05, 4.69) is 15.5 Å². The molecule has 2 amide bonds. The van der Waals surface area contributed by atoms with E-state index in [-0.39, 0.29) is 24.2 Å². The lowest BCUT2D eigenvalue weighted by atomic mass is 10.1. The molecular weight excluding hydrogens is 336 g/mol. The van der Waals surface area contributed by atoms with Crippen molar-refractivity contribution < 1.29 is 9.59 Å². The first kappa shape index (κ1) is 15.9. The van der Waals surface area contributed by atoms with Crippen LogP contribution in [0.4, 0.5) is 5.13 Å². The van der Waals surface area contributed by atoms with E-state index in [1.165, 1.54) is 11.3 Å². The van der Waals surface area contributed by atoms with E-state index in [0.717, 1.165) is 10.6 Å². The maximum Gasteiger partial charge on any atom is 0.231 e. The van der Waals surface area contributed by atoms with E-state index in [0.29, 0.717) is 23.2 Å². The molecule has 2 aromatic rings. The van der Waals surface area contributed by atoms with Gasteiger partial charge in [0.1, 0.15) is 5.01 Å². The van der Waals surface area contributed by atoms with Gasteiger partial charge in [0.05, 0.1) is 5.92 Å². The third-order valence-corrected chi connectivity index (χ3v) is 4.78. The Balaban J connectivity index is 1.63. The van der Waals surface area contributed by atoms with Crippen LogP contribution in [0.2, 0.25) is 5.02 Å². The molecule has 1 saturated heterocycles. The minimum atomic E-state index is -0.380. The van der Waals surface area contributed by atoms with Gasteiger partial charge in [-0.25, -0.2) is 0 Å². The molecule has 1 atom stereocenters. The molecule has 120 valence electrons. The summed E-state index contributed by atoms with van der Waals surface area (Å²) >= 11 is 7.44. The third-order valence-electron chi connectivity index (χ3n) is 3.66. The van der Waals surface area contributed by atoms with Gasteiger partial charge in [0.15, 0.2) is 0 Å². The summed E-state index contributed by atoms with van der Waals surface area (Å²) < 4.78 is 0. The summed E-state index contributed by atoms with van der Waals surface area (Å²) in [5.74, 6) is -0.621. The highest BCUT2D eigenvalue weighted by atomic mass is 35.5. The predicted molar refractivity (Wildman–Crippen MR) is 88.3 cm³/mol. The van der Waals surface area contributed by atoms with Gasteiger partial charge < -0.3 is 10.2 Å². The van der Waals surface area contributed by atoms with Gasteiger partial charge in [-0.05, 0) is 18.6 Å². The Labute approximate surface area is 142 Å². The van der Waals surface area contributed by atoms with Gasteiger partial charge >= 0.3 is 0 Å². The molecule has 1 N–H and O–H groups in total. The van der Waals surface area contributed by atoms with Crippen molar-refractivity contribution in [3.63, 3.8) is 0 Å². The lowest BCUT2D eigenvalue weighted by Crippen LogP contribution is -2.28. The molecule has 0 saturated carbocycles. The van der Waals surface area contributed by atoms with Crippen LogP contribution in [-0.2, 0) is 16.1 Å². The third kappa shape index (κ3) is 3.68. The standard InChI is InChI=1S/C15H15ClN4O2S/c1-9-18-19-15(23-9)17-14(22)11-6-13(21)20(8-11)7-10-4-2-3-5-12(10)16/h2-5,11H,6-8H2,1H3,(H,17,19,22). The summed E-state index contributed by atoms with van der Waals surface area (Å²) in [5.41, 5.74) is 0.878. The average molecular weight is 351 g/mol. The van der Waals surface area contributed by atoms with Crippen molar-refractivity contribution in [3.8, 4) is 0 Å². The fourth-order valence-electron chi connectivity index (χ4n) is 2.49. The zero-order valence-electron chi connectivity index (χ0n) is 12.5. The van der Waals surface area contributed by atoms with Crippen LogP contribution >= 0.6 is 22.9 Å². The molecule has 0 bridgehead atoms. The molecule has 0 aliphatic carbocycles. The smallest absolute Gasteiger partial charge is 0.231 e. The quantitative estimate of drug-likeness (QED) is 0.919. The lowest BCUT2D eigenvalue weighted by Gasteiger charge is -2.17. The van der Waals surface area contributed by atoms with Gasteiger partial charge in [-0.15, -0.1) is 10.2 Å². The number of halogens is 1. The highest BCUT2D eigenvalue weighted by molar-refractivity contribution is 7.15. The first-order valence-electron chi connectivity index (χ1n) is 7.15. The Bertz CT molecular complexity index is 749. The summed E-state index contributed by atoms with van der Waals surface area (Å²) in [5, 5.41) is 12.3. The number of anilines is 1. The summed E-state index contributed by atoms with van der Waals surface area (Å²) in [6.45, 7) is 2.62. The van der Waals surface area contributed by atoms with Gasteiger partial charge in [0.2, 0.25) is 16.9 Å². The minimum Gasteiger partial charge on any atom is -0.337 e. The number of aromatic nitrogens is 2. The fourth-order valence-corrected chi connectivity index (χ4v) is 3.28. The Morgan fingerprint density at radius 2 is 2.22 bits per heavy atom. The number of likely N-dealkylation sites (tertiary alicyclic amines) is 1. The van der Waals surface area contributed by atoms with Crippen molar-refractivity contribution in [2.45, 2.75) is 19.9 Å². The summed E-state index contributed by atoms with van der Waals surface area (Å²) in [7, 11) is 0. The van der Waals surface area contributed by atoms with Gasteiger partial charge in [0.25, 0.3) is 0 Å². The molecule has 1 aromatic carbocycles. The van der Waals surface area contributed by atoms with E-state index >= 15 is 0 Å². The minimum absolute atomic E-state index is 0.0430. The molecule has 1 aliphatic heterocycles. The lowest BCUT2D eigenvalue weighted by molar-refractivity contribution is -0.128. The van der Waals surface area contributed by atoms with E-state index in [4.69, 9.17) is 11.6 Å². The summed E-state index contributed by atoms with van der Waals surface area (Å²) in [6.07, 6.45) is 0.202. The predicted octanol–water partition coefficient (Wildman–Crippen LogP) is 2.49. The maximum atomic E-state index is 12.3. The van der Waals surface area contributed by atoms with Gasteiger partial charge in [-0.3, -0.25) is 9.59 Å². The number of hydrogen-bond acceptors (Lipinski definition) is 5. The normalized spacial score (nSPS) is 17.6. The van der Waals surface area contributed by atoms with Crippen LogP contribution < -0.4 is 5.32 Å². The molecule has 1 aromatic heterocycles. The second-order valence-electron chi connectivity index (χ2n) is 5.38. The van der Waals surface area contributed by atoms with Crippen molar-refractivity contribution in [2.75, 3.05) is 11.9 Å².